The van der Waals surface area contributed by atoms with Crippen molar-refractivity contribution in [3.05, 3.63) is 0 Å². The lowest BCUT2D eigenvalue weighted by atomic mass is 10.1. The lowest BCUT2D eigenvalue weighted by molar-refractivity contribution is -0.121. The topological polar surface area (TPSA) is 99.7 Å². The maximum atomic E-state index is 11.4. The predicted octanol–water partition coefficient (Wildman–Crippen LogP) is 0.263. The van der Waals surface area contributed by atoms with E-state index < -0.39 is 0 Å². The van der Waals surface area contributed by atoms with Crippen LogP contribution in [0.25, 0.3) is 0 Å². The van der Waals surface area contributed by atoms with Gasteiger partial charge in [0.2, 0.25) is 5.91 Å². The Morgan fingerprint density at radius 2 is 2.12 bits per heavy atom. The minimum absolute atomic E-state index is 0.0439. The Kier molecular flexibility index (Phi) is 8.13. The molecule has 0 aromatic heterocycles. The van der Waals surface area contributed by atoms with E-state index in [0.29, 0.717) is 19.5 Å². The third-order valence-electron chi connectivity index (χ3n) is 2.62. The first-order chi connectivity index (χ1) is 8.01. The molecule has 0 aliphatic rings. The van der Waals surface area contributed by atoms with E-state index in [2.05, 4.69) is 15.8 Å². The number of hydrogen-bond acceptors (Lipinski definition) is 4. The summed E-state index contributed by atoms with van der Waals surface area (Å²) in [4.78, 5) is 11.4. The van der Waals surface area contributed by atoms with Crippen LogP contribution in [0.15, 0.2) is 5.16 Å². The van der Waals surface area contributed by atoms with Crippen LogP contribution in [-0.4, -0.2) is 36.1 Å². The minimum atomic E-state index is -0.0439. The Bertz CT molecular complexity index is 256. The molecule has 0 rings (SSSR count). The van der Waals surface area contributed by atoms with Gasteiger partial charge in [-0.1, -0.05) is 19.0 Å². The quantitative estimate of drug-likeness (QED) is 0.162. The summed E-state index contributed by atoms with van der Waals surface area (Å²) in [5, 5.41) is 17.3. The molecule has 5 N–H and O–H groups in total. The highest BCUT2D eigenvalue weighted by Crippen LogP contribution is 1.93. The highest BCUT2D eigenvalue weighted by molar-refractivity contribution is 5.82. The summed E-state index contributed by atoms with van der Waals surface area (Å²) in [7, 11) is 0. The number of nitrogens with one attached hydrogen (secondary N) is 2. The fraction of sp³-hybridized carbons (Fsp3) is 0.818. The summed E-state index contributed by atoms with van der Waals surface area (Å²) in [6.45, 7) is 7.03. The zero-order valence-electron chi connectivity index (χ0n) is 10.9. The zero-order valence-corrected chi connectivity index (χ0v) is 10.9. The van der Waals surface area contributed by atoms with E-state index in [9.17, 15) is 4.79 Å². The predicted molar refractivity (Wildman–Crippen MR) is 68.0 cm³/mol. The van der Waals surface area contributed by atoms with Gasteiger partial charge < -0.3 is 21.6 Å². The molecule has 0 bridgehead atoms. The Morgan fingerprint density at radius 1 is 1.47 bits per heavy atom. The highest BCUT2D eigenvalue weighted by atomic mass is 16.4. The molecule has 1 amide bonds. The van der Waals surface area contributed by atoms with Gasteiger partial charge in [0.15, 0.2) is 0 Å². The van der Waals surface area contributed by atoms with Crippen LogP contribution >= 0.6 is 0 Å². The summed E-state index contributed by atoms with van der Waals surface area (Å²) in [6.07, 6.45) is 1.37. The molecule has 2 atom stereocenters. The number of nitrogens with two attached hydrogens (primary N) is 1. The van der Waals surface area contributed by atoms with Crippen LogP contribution in [-0.2, 0) is 4.79 Å². The normalized spacial score (nSPS) is 15.4. The Morgan fingerprint density at radius 3 is 2.65 bits per heavy atom. The highest BCUT2D eigenvalue weighted by Gasteiger charge is 2.08. The summed E-state index contributed by atoms with van der Waals surface area (Å²) in [6, 6.07) is 0.221. The van der Waals surface area contributed by atoms with Crippen molar-refractivity contribution in [1.82, 2.24) is 10.6 Å². The molecular formula is C11H24N4O2. The van der Waals surface area contributed by atoms with Crippen LogP contribution in [0.2, 0.25) is 0 Å². The van der Waals surface area contributed by atoms with Crippen molar-refractivity contribution < 1.29 is 10.0 Å². The van der Waals surface area contributed by atoms with Crippen molar-refractivity contribution >= 4 is 11.7 Å². The van der Waals surface area contributed by atoms with E-state index in [1.807, 2.05) is 20.8 Å². The van der Waals surface area contributed by atoms with Crippen LogP contribution in [0.1, 0.15) is 33.6 Å². The van der Waals surface area contributed by atoms with Gasteiger partial charge in [-0.05, 0) is 13.3 Å². The standard InChI is InChI=1S/C11H24N4O2/c1-4-9(3)14-10(16)5-6-13-7-8(2)11(12)15-17/h8-9,13,17H,4-7H2,1-3H3,(H2,12,15)(H,14,16). The second-order valence-electron chi connectivity index (χ2n) is 4.26. The lowest BCUT2D eigenvalue weighted by Gasteiger charge is -2.13. The first-order valence-corrected chi connectivity index (χ1v) is 5.98. The molecule has 0 spiro atoms. The van der Waals surface area contributed by atoms with Gasteiger partial charge in [0, 0.05) is 31.5 Å². The molecular weight excluding hydrogens is 220 g/mol. The van der Waals surface area contributed by atoms with Crippen LogP contribution in [0.3, 0.4) is 0 Å². The first kappa shape index (κ1) is 15.7. The average Bonchev–Trinajstić information content (AvgIpc) is 2.32. The van der Waals surface area contributed by atoms with E-state index in [-0.39, 0.29) is 23.7 Å². The Hall–Kier alpha value is -1.30. The minimum Gasteiger partial charge on any atom is -0.409 e. The van der Waals surface area contributed by atoms with E-state index in [1.54, 1.807) is 0 Å². The van der Waals surface area contributed by atoms with E-state index in [4.69, 9.17) is 10.9 Å². The molecule has 6 heteroatoms. The number of carbonyl (C=O) groups excluding carboxylic acids is 1. The summed E-state index contributed by atoms with van der Waals surface area (Å²) in [5.41, 5.74) is 5.42. The van der Waals surface area contributed by atoms with Crippen LogP contribution < -0.4 is 16.4 Å². The second-order valence-corrected chi connectivity index (χ2v) is 4.26. The zero-order chi connectivity index (χ0) is 13.3. The van der Waals surface area contributed by atoms with E-state index in [1.165, 1.54) is 0 Å². The van der Waals surface area contributed by atoms with Crippen molar-refractivity contribution in [2.24, 2.45) is 16.8 Å². The van der Waals surface area contributed by atoms with Gasteiger partial charge in [-0.15, -0.1) is 0 Å². The van der Waals surface area contributed by atoms with Gasteiger partial charge in [-0.25, -0.2) is 0 Å². The number of rotatable bonds is 8. The van der Waals surface area contributed by atoms with E-state index >= 15 is 0 Å². The molecule has 17 heavy (non-hydrogen) atoms. The van der Waals surface area contributed by atoms with Crippen LogP contribution in [0.5, 0.6) is 0 Å². The average molecular weight is 244 g/mol. The van der Waals surface area contributed by atoms with E-state index in [0.717, 1.165) is 6.42 Å². The van der Waals surface area contributed by atoms with Gasteiger partial charge >= 0.3 is 0 Å². The van der Waals surface area contributed by atoms with Gasteiger partial charge in [0.25, 0.3) is 0 Å². The van der Waals surface area contributed by atoms with Crippen molar-refractivity contribution in [3.63, 3.8) is 0 Å². The van der Waals surface area contributed by atoms with Gasteiger partial charge in [-0.3, -0.25) is 4.79 Å². The second kappa shape index (κ2) is 8.81. The van der Waals surface area contributed by atoms with Crippen LogP contribution in [0.4, 0.5) is 0 Å². The third kappa shape index (κ3) is 7.57. The Labute approximate surface area is 103 Å². The fourth-order valence-electron chi connectivity index (χ4n) is 1.17. The monoisotopic (exact) mass is 244 g/mol. The molecule has 0 aromatic rings. The smallest absolute Gasteiger partial charge is 0.221 e. The fourth-order valence-corrected chi connectivity index (χ4v) is 1.17. The maximum absolute atomic E-state index is 11.4. The van der Waals surface area contributed by atoms with Crippen molar-refractivity contribution in [1.29, 1.82) is 0 Å². The SMILES string of the molecule is CCC(C)NC(=O)CCNCC(C)C(N)=NO. The molecule has 0 saturated carbocycles. The van der Waals surface area contributed by atoms with Crippen molar-refractivity contribution in [2.45, 2.75) is 39.7 Å². The van der Waals surface area contributed by atoms with Crippen molar-refractivity contribution in [2.75, 3.05) is 13.1 Å². The molecule has 0 saturated heterocycles. The van der Waals surface area contributed by atoms with Crippen LogP contribution in [0, 0.1) is 5.92 Å². The number of nitrogens with zero attached hydrogens (tertiary/aromatic N) is 1. The number of carbonyl (C=O) groups is 1. The molecule has 0 aromatic carbocycles. The molecule has 6 nitrogen and oxygen atoms in total. The van der Waals surface area contributed by atoms with Gasteiger partial charge in [0.1, 0.15) is 5.84 Å². The lowest BCUT2D eigenvalue weighted by Crippen LogP contribution is -2.36. The molecule has 0 fully saturated rings. The number of hydrogen-bond donors (Lipinski definition) is 4. The van der Waals surface area contributed by atoms with Gasteiger partial charge in [0.05, 0.1) is 0 Å². The van der Waals surface area contributed by atoms with Crippen molar-refractivity contribution in [3.8, 4) is 0 Å². The molecule has 100 valence electrons. The number of amides is 1. The Balaban J connectivity index is 3.61. The summed E-state index contributed by atoms with van der Waals surface area (Å²) >= 11 is 0. The molecule has 0 radical (unpaired) electrons. The largest absolute Gasteiger partial charge is 0.409 e. The molecule has 0 aliphatic heterocycles. The summed E-state index contributed by atoms with van der Waals surface area (Å²) < 4.78 is 0. The number of oxime groups is 1. The molecule has 2 unspecified atom stereocenters. The molecule has 0 heterocycles. The first-order valence-electron chi connectivity index (χ1n) is 5.98. The molecule has 0 aliphatic carbocycles. The summed E-state index contributed by atoms with van der Waals surface area (Å²) in [5.74, 6) is 0.197. The number of amidine groups is 1. The van der Waals surface area contributed by atoms with Gasteiger partial charge in [-0.2, -0.15) is 0 Å². The maximum Gasteiger partial charge on any atom is 0.221 e. The third-order valence-corrected chi connectivity index (χ3v) is 2.62.